The first kappa shape index (κ1) is 26.1. The van der Waals surface area contributed by atoms with E-state index in [0.717, 1.165) is 11.3 Å². The quantitative estimate of drug-likeness (QED) is 0.175. The van der Waals surface area contributed by atoms with Crippen molar-refractivity contribution in [1.82, 2.24) is 15.1 Å². The number of hydrogen-bond donors (Lipinski definition) is 1. The van der Waals surface area contributed by atoms with Crippen LogP contribution in [0.2, 0.25) is 0 Å². The Bertz CT molecular complexity index is 1690. The van der Waals surface area contributed by atoms with Crippen LogP contribution in [0.25, 0.3) is 23.0 Å². The number of amides is 1. The normalized spacial score (nSPS) is 11.1. The Labute approximate surface area is 231 Å². The van der Waals surface area contributed by atoms with E-state index in [0.29, 0.717) is 34.7 Å². The van der Waals surface area contributed by atoms with Crippen molar-refractivity contribution in [2.45, 2.75) is 13.2 Å². The smallest absolute Gasteiger partial charge is 0.262 e. The zero-order chi connectivity index (χ0) is 27.7. The van der Waals surface area contributed by atoms with Crippen LogP contribution < -0.4 is 10.1 Å². The number of benzene rings is 4. The lowest BCUT2D eigenvalue weighted by Gasteiger charge is -2.09. The molecular weight excluding hydrogens is 503 g/mol. The second-order valence-corrected chi connectivity index (χ2v) is 8.96. The number of nitrogens with zero attached hydrogens (tertiary/aromatic N) is 3. The minimum atomic E-state index is -0.480. The van der Waals surface area contributed by atoms with Gasteiger partial charge >= 0.3 is 0 Å². The van der Waals surface area contributed by atoms with Crippen LogP contribution in [0, 0.1) is 17.1 Å². The molecule has 1 aromatic heterocycles. The number of nitrogens with one attached hydrogen (secondary N) is 1. The van der Waals surface area contributed by atoms with Crippen LogP contribution in [-0.4, -0.2) is 15.7 Å². The number of nitriles is 1. The number of ether oxygens (including phenoxy) is 1. The molecule has 0 aliphatic rings. The molecule has 40 heavy (non-hydrogen) atoms. The molecular formula is C33H25FN4O2. The molecule has 0 aliphatic heterocycles. The largest absolute Gasteiger partial charge is 0.489 e. The molecule has 4 aromatic carbocycles. The molecule has 1 N–H and O–H groups in total. The van der Waals surface area contributed by atoms with Gasteiger partial charge in [-0.3, -0.25) is 4.79 Å². The molecule has 0 atom stereocenters. The summed E-state index contributed by atoms with van der Waals surface area (Å²) in [5.41, 5.74) is 4.02. The SMILES string of the molecule is N#C/C(=C/c1cn(-c2ccccc2)nc1-c1cccc(OCc2ccccc2F)c1)C(=O)NCc1ccccc1. The van der Waals surface area contributed by atoms with Crippen molar-refractivity contribution in [3.05, 3.63) is 143 Å². The van der Waals surface area contributed by atoms with Gasteiger partial charge in [0.05, 0.1) is 5.69 Å². The fraction of sp³-hybridized carbons (Fsp3) is 0.0606. The van der Waals surface area contributed by atoms with Crippen LogP contribution in [0.3, 0.4) is 0 Å². The molecule has 0 spiro atoms. The molecule has 1 amide bonds. The maximum Gasteiger partial charge on any atom is 0.262 e. The van der Waals surface area contributed by atoms with E-state index in [9.17, 15) is 14.4 Å². The predicted molar refractivity (Wildman–Crippen MR) is 152 cm³/mol. The lowest BCUT2D eigenvalue weighted by Crippen LogP contribution is -2.23. The van der Waals surface area contributed by atoms with Crippen molar-refractivity contribution >= 4 is 12.0 Å². The summed E-state index contributed by atoms with van der Waals surface area (Å²) < 4.78 is 21.6. The zero-order valence-corrected chi connectivity index (χ0v) is 21.5. The molecule has 0 radical (unpaired) electrons. The molecule has 0 fully saturated rings. The van der Waals surface area contributed by atoms with Gasteiger partial charge in [-0.2, -0.15) is 10.4 Å². The molecule has 0 unspecified atom stereocenters. The summed E-state index contributed by atoms with van der Waals surface area (Å²) in [6.07, 6.45) is 3.31. The summed E-state index contributed by atoms with van der Waals surface area (Å²) in [4.78, 5) is 12.9. The van der Waals surface area contributed by atoms with E-state index in [4.69, 9.17) is 9.84 Å². The Morgan fingerprint density at radius 2 is 1.68 bits per heavy atom. The van der Waals surface area contributed by atoms with Crippen LogP contribution in [0.15, 0.2) is 121 Å². The Morgan fingerprint density at radius 1 is 0.950 bits per heavy atom. The average Bonchev–Trinajstić information content (AvgIpc) is 3.43. The van der Waals surface area contributed by atoms with Crippen LogP contribution in [0.5, 0.6) is 5.75 Å². The molecule has 1 heterocycles. The van der Waals surface area contributed by atoms with Gasteiger partial charge in [-0.1, -0.05) is 78.9 Å². The number of para-hydroxylation sites is 1. The summed E-state index contributed by atoms with van der Waals surface area (Å²) in [6.45, 7) is 0.373. The second kappa shape index (κ2) is 12.4. The molecule has 196 valence electrons. The maximum absolute atomic E-state index is 14.1. The number of carbonyl (C=O) groups excluding carboxylic acids is 1. The van der Waals surface area contributed by atoms with E-state index in [1.165, 1.54) is 12.1 Å². The molecule has 0 bridgehead atoms. The highest BCUT2D eigenvalue weighted by atomic mass is 19.1. The first-order valence-corrected chi connectivity index (χ1v) is 12.7. The maximum atomic E-state index is 14.1. The number of aromatic nitrogens is 2. The number of carbonyl (C=O) groups is 1. The average molecular weight is 529 g/mol. The lowest BCUT2D eigenvalue weighted by molar-refractivity contribution is -0.117. The van der Waals surface area contributed by atoms with Gasteiger partial charge in [-0.25, -0.2) is 9.07 Å². The Kier molecular flexibility index (Phi) is 8.09. The predicted octanol–water partition coefficient (Wildman–Crippen LogP) is 6.48. The number of rotatable bonds is 9. The standard InChI is InChI=1S/C33H25FN4O2/c34-31-17-8-7-12-26(31)23-40-30-16-9-13-25(19-30)32-28(22-38(37-32)29-14-5-2-6-15-29)18-27(20-35)33(39)36-21-24-10-3-1-4-11-24/h1-19,22H,21,23H2,(H,36,39)/b27-18-. The molecule has 0 aliphatic carbocycles. The molecule has 0 saturated carbocycles. The van der Waals surface area contributed by atoms with E-state index in [1.54, 1.807) is 41.2 Å². The number of halogens is 1. The lowest BCUT2D eigenvalue weighted by atomic mass is 10.1. The fourth-order valence-corrected chi connectivity index (χ4v) is 4.12. The fourth-order valence-electron chi connectivity index (χ4n) is 4.12. The molecule has 5 rings (SSSR count). The highest BCUT2D eigenvalue weighted by molar-refractivity contribution is 6.02. The van der Waals surface area contributed by atoms with Gasteiger partial charge in [-0.05, 0) is 42.0 Å². The van der Waals surface area contributed by atoms with E-state index < -0.39 is 5.91 Å². The summed E-state index contributed by atoms with van der Waals surface area (Å²) in [5, 5.41) is 17.4. The third kappa shape index (κ3) is 6.32. The molecule has 0 saturated heterocycles. The Hall–Kier alpha value is -5.48. The minimum absolute atomic E-state index is 0.0447. The van der Waals surface area contributed by atoms with Gasteiger partial charge < -0.3 is 10.1 Å². The first-order valence-electron chi connectivity index (χ1n) is 12.7. The zero-order valence-electron chi connectivity index (χ0n) is 21.5. The number of hydrogen-bond acceptors (Lipinski definition) is 4. The van der Waals surface area contributed by atoms with Crippen LogP contribution in [-0.2, 0) is 17.9 Å². The van der Waals surface area contributed by atoms with Crippen LogP contribution >= 0.6 is 0 Å². The van der Waals surface area contributed by atoms with Gasteiger partial charge in [0.1, 0.15) is 35.5 Å². The summed E-state index contributed by atoms with van der Waals surface area (Å²) in [6, 6.07) is 34.8. The topological polar surface area (TPSA) is 79.9 Å². The van der Waals surface area contributed by atoms with E-state index in [-0.39, 0.29) is 18.0 Å². The highest BCUT2D eigenvalue weighted by Gasteiger charge is 2.16. The molecule has 7 heteroatoms. The van der Waals surface area contributed by atoms with Crippen LogP contribution in [0.1, 0.15) is 16.7 Å². The van der Waals surface area contributed by atoms with Crippen molar-refractivity contribution < 1.29 is 13.9 Å². The van der Waals surface area contributed by atoms with Gasteiger partial charge in [0, 0.05) is 29.4 Å². The van der Waals surface area contributed by atoms with Crippen LogP contribution in [0.4, 0.5) is 4.39 Å². The second-order valence-electron chi connectivity index (χ2n) is 8.96. The van der Waals surface area contributed by atoms with Gasteiger partial charge in [0.2, 0.25) is 0 Å². The van der Waals surface area contributed by atoms with E-state index >= 15 is 0 Å². The van der Waals surface area contributed by atoms with E-state index in [1.807, 2.05) is 78.9 Å². The van der Waals surface area contributed by atoms with Gasteiger partial charge in [0.15, 0.2) is 0 Å². The monoisotopic (exact) mass is 528 g/mol. The minimum Gasteiger partial charge on any atom is -0.489 e. The highest BCUT2D eigenvalue weighted by Crippen LogP contribution is 2.29. The summed E-state index contributed by atoms with van der Waals surface area (Å²) >= 11 is 0. The Morgan fingerprint density at radius 3 is 2.42 bits per heavy atom. The molecule has 6 nitrogen and oxygen atoms in total. The van der Waals surface area contributed by atoms with Crippen molar-refractivity contribution in [1.29, 1.82) is 5.26 Å². The van der Waals surface area contributed by atoms with Crippen molar-refractivity contribution in [2.24, 2.45) is 0 Å². The molecule has 5 aromatic rings. The van der Waals surface area contributed by atoms with Gasteiger partial charge in [-0.15, -0.1) is 0 Å². The Balaban J connectivity index is 1.46. The van der Waals surface area contributed by atoms with Crippen molar-refractivity contribution in [3.8, 4) is 28.8 Å². The third-order valence-corrected chi connectivity index (χ3v) is 6.18. The van der Waals surface area contributed by atoms with Crippen molar-refractivity contribution in [2.75, 3.05) is 0 Å². The van der Waals surface area contributed by atoms with Crippen molar-refractivity contribution in [3.63, 3.8) is 0 Å². The van der Waals surface area contributed by atoms with Gasteiger partial charge in [0.25, 0.3) is 5.91 Å². The summed E-state index contributed by atoms with van der Waals surface area (Å²) in [7, 11) is 0. The summed E-state index contributed by atoms with van der Waals surface area (Å²) in [5.74, 6) is -0.278. The first-order chi connectivity index (χ1) is 19.6. The third-order valence-electron chi connectivity index (χ3n) is 6.18. The van der Waals surface area contributed by atoms with E-state index in [2.05, 4.69) is 5.32 Å².